The van der Waals surface area contributed by atoms with E-state index in [1.54, 1.807) is 24.7 Å². The van der Waals surface area contributed by atoms with Crippen molar-refractivity contribution in [3.63, 3.8) is 0 Å². The highest BCUT2D eigenvalue weighted by Gasteiger charge is 2.11. The molecule has 0 saturated carbocycles. The van der Waals surface area contributed by atoms with Crippen LogP contribution in [0.5, 0.6) is 0 Å². The molecule has 3 aromatic rings. The Morgan fingerprint density at radius 1 is 1.40 bits per heavy atom. The van der Waals surface area contributed by atoms with Crippen LogP contribution in [-0.4, -0.2) is 36.0 Å². The molecule has 0 spiro atoms. The molecule has 0 aliphatic carbocycles. The normalized spacial score (nSPS) is 10.4. The van der Waals surface area contributed by atoms with Gasteiger partial charge in [-0.3, -0.25) is 15.4 Å². The number of aryl methyl sites for hydroxylation is 1. The minimum Gasteiger partial charge on any atom is -0.273 e. The zero-order chi connectivity index (χ0) is 13.9. The summed E-state index contributed by atoms with van der Waals surface area (Å²) in [4.78, 5) is 20.1. The summed E-state index contributed by atoms with van der Waals surface area (Å²) in [6, 6.07) is 5.02. The van der Waals surface area contributed by atoms with Gasteiger partial charge in [-0.25, -0.2) is 4.79 Å². The second-order valence-electron chi connectivity index (χ2n) is 4.12. The van der Waals surface area contributed by atoms with E-state index in [-0.39, 0.29) is 5.95 Å². The van der Waals surface area contributed by atoms with E-state index in [4.69, 9.17) is 0 Å². The van der Waals surface area contributed by atoms with Gasteiger partial charge < -0.3 is 0 Å². The number of hydrogen-bond donors (Lipinski definition) is 2. The van der Waals surface area contributed by atoms with Crippen molar-refractivity contribution in [1.82, 2.24) is 29.9 Å². The molecule has 100 valence electrons. The fourth-order valence-corrected chi connectivity index (χ4v) is 1.61. The average Bonchev–Trinajstić information content (AvgIpc) is 3.09. The fourth-order valence-electron chi connectivity index (χ4n) is 1.61. The number of rotatable bonds is 2. The number of nitrogens with zero attached hydrogens (tertiary/aromatic N) is 5. The molecule has 0 bridgehead atoms. The first-order valence-electron chi connectivity index (χ1n) is 5.89. The Labute approximate surface area is 113 Å². The maximum absolute atomic E-state index is 11.9. The highest BCUT2D eigenvalue weighted by atomic mass is 16.2. The molecule has 0 fully saturated rings. The Balaban J connectivity index is 1.76. The van der Waals surface area contributed by atoms with Gasteiger partial charge in [-0.15, -0.1) is 5.10 Å². The fraction of sp³-hybridized carbons (Fsp3) is 0.0833. The number of amides is 1. The molecular formula is C12H11N7O. The molecule has 20 heavy (non-hydrogen) atoms. The van der Waals surface area contributed by atoms with Crippen LogP contribution in [0.3, 0.4) is 0 Å². The van der Waals surface area contributed by atoms with Crippen LogP contribution in [0.4, 0.5) is 10.7 Å². The van der Waals surface area contributed by atoms with Gasteiger partial charge in [-0.1, -0.05) is 6.07 Å². The predicted octanol–water partition coefficient (Wildman–Crippen LogP) is 1.45. The Morgan fingerprint density at radius 3 is 3.00 bits per heavy atom. The molecule has 0 atom stereocenters. The van der Waals surface area contributed by atoms with Crippen molar-refractivity contribution < 1.29 is 4.79 Å². The van der Waals surface area contributed by atoms with Crippen LogP contribution in [0.15, 0.2) is 36.8 Å². The number of aromatic amines is 1. The quantitative estimate of drug-likeness (QED) is 0.733. The molecule has 0 aliphatic heterocycles. The molecule has 3 rings (SSSR count). The Bertz CT molecular complexity index is 731. The minimum atomic E-state index is -0.426. The molecule has 3 aromatic heterocycles. The molecule has 0 saturated heterocycles. The molecule has 0 aromatic carbocycles. The van der Waals surface area contributed by atoms with E-state index < -0.39 is 6.03 Å². The molecule has 0 unspecified atom stereocenters. The Hall–Kier alpha value is -3.03. The van der Waals surface area contributed by atoms with Gasteiger partial charge in [0.2, 0.25) is 0 Å². The van der Waals surface area contributed by atoms with Crippen molar-refractivity contribution in [2.45, 2.75) is 6.92 Å². The first-order chi connectivity index (χ1) is 9.72. The summed E-state index contributed by atoms with van der Waals surface area (Å²) in [5.41, 5.74) is 1.54. The lowest BCUT2D eigenvalue weighted by molar-refractivity contribution is 0.250. The van der Waals surface area contributed by atoms with Crippen LogP contribution in [0.1, 0.15) is 5.56 Å². The average molecular weight is 269 g/mol. The lowest BCUT2D eigenvalue weighted by Gasteiger charge is -1.98. The maximum atomic E-state index is 11.9. The summed E-state index contributed by atoms with van der Waals surface area (Å²) in [7, 11) is 0. The van der Waals surface area contributed by atoms with Crippen LogP contribution in [0.25, 0.3) is 11.5 Å². The molecule has 0 aliphatic rings. The summed E-state index contributed by atoms with van der Waals surface area (Å²) in [6.07, 6.45) is 4.86. The number of anilines is 1. The van der Waals surface area contributed by atoms with Crippen LogP contribution >= 0.6 is 0 Å². The monoisotopic (exact) mass is 269 g/mol. The number of carbonyl (C=O) groups excluding carboxylic acids is 1. The van der Waals surface area contributed by atoms with Gasteiger partial charge in [0.25, 0.3) is 5.95 Å². The number of hydrogen-bond acceptors (Lipinski definition) is 5. The third-order valence-corrected chi connectivity index (χ3v) is 2.53. The van der Waals surface area contributed by atoms with Crippen molar-refractivity contribution in [2.75, 3.05) is 5.32 Å². The number of H-pyrrole nitrogens is 1. The zero-order valence-electron chi connectivity index (χ0n) is 10.6. The van der Waals surface area contributed by atoms with Crippen LogP contribution in [-0.2, 0) is 0 Å². The minimum absolute atomic E-state index is 0.170. The molecule has 8 heteroatoms. The standard InChI is InChI=1S/C12H11N7O/c1-8-6-14-19(7-8)12(20)16-11-15-10(17-18-11)9-4-2-3-5-13-9/h2-7H,1H3,(H2,15,16,17,18,20). The molecule has 2 N–H and O–H groups in total. The van der Waals surface area contributed by atoms with Crippen molar-refractivity contribution in [2.24, 2.45) is 0 Å². The Morgan fingerprint density at radius 2 is 2.30 bits per heavy atom. The van der Waals surface area contributed by atoms with E-state index in [0.717, 1.165) is 5.56 Å². The summed E-state index contributed by atoms with van der Waals surface area (Å²) in [5.74, 6) is 0.654. The highest BCUT2D eigenvalue weighted by Crippen LogP contribution is 2.12. The first kappa shape index (κ1) is 12.0. The van der Waals surface area contributed by atoms with E-state index in [1.807, 2.05) is 19.1 Å². The third-order valence-electron chi connectivity index (χ3n) is 2.53. The van der Waals surface area contributed by atoms with Crippen LogP contribution in [0, 0.1) is 6.92 Å². The molecule has 0 radical (unpaired) electrons. The lowest BCUT2D eigenvalue weighted by Crippen LogP contribution is -2.20. The van der Waals surface area contributed by atoms with E-state index in [2.05, 4.69) is 30.6 Å². The topological polar surface area (TPSA) is 101 Å². The smallest absolute Gasteiger partial charge is 0.273 e. The van der Waals surface area contributed by atoms with Crippen LogP contribution < -0.4 is 5.32 Å². The first-order valence-corrected chi connectivity index (χ1v) is 5.89. The molecular weight excluding hydrogens is 258 g/mol. The van der Waals surface area contributed by atoms with Gasteiger partial charge in [0.1, 0.15) is 5.69 Å². The number of aromatic nitrogens is 6. The van der Waals surface area contributed by atoms with Crippen LogP contribution in [0.2, 0.25) is 0 Å². The second kappa shape index (κ2) is 4.92. The van der Waals surface area contributed by atoms with Gasteiger partial charge in [-0.2, -0.15) is 14.8 Å². The second-order valence-corrected chi connectivity index (χ2v) is 4.12. The highest BCUT2D eigenvalue weighted by molar-refractivity contribution is 5.88. The van der Waals surface area contributed by atoms with Crippen molar-refractivity contribution in [1.29, 1.82) is 0 Å². The SMILES string of the molecule is Cc1cnn(C(=O)Nc2n[nH]c(-c3ccccn3)n2)c1. The molecule has 1 amide bonds. The number of pyridine rings is 1. The van der Waals surface area contributed by atoms with Gasteiger partial charge in [0, 0.05) is 12.4 Å². The summed E-state index contributed by atoms with van der Waals surface area (Å²) in [6.45, 7) is 1.85. The number of nitrogens with one attached hydrogen (secondary N) is 2. The summed E-state index contributed by atoms with van der Waals surface area (Å²) in [5, 5.41) is 13.1. The summed E-state index contributed by atoms with van der Waals surface area (Å²) >= 11 is 0. The van der Waals surface area contributed by atoms with Gasteiger partial charge in [-0.05, 0) is 24.6 Å². The van der Waals surface area contributed by atoms with E-state index >= 15 is 0 Å². The predicted molar refractivity (Wildman–Crippen MR) is 71.0 cm³/mol. The van der Waals surface area contributed by atoms with Crippen molar-refractivity contribution in [3.05, 3.63) is 42.4 Å². The van der Waals surface area contributed by atoms with E-state index in [1.165, 1.54) is 4.68 Å². The van der Waals surface area contributed by atoms with Gasteiger partial charge >= 0.3 is 6.03 Å². The van der Waals surface area contributed by atoms with E-state index in [0.29, 0.717) is 11.5 Å². The lowest BCUT2D eigenvalue weighted by atomic mass is 10.3. The largest absolute Gasteiger partial charge is 0.348 e. The summed E-state index contributed by atoms with van der Waals surface area (Å²) < 4.78 is 1.19. The van der Waals surface area contributed by atoms with E-state index in [9.17, 15) is 4.79 Å². The van der Waals surface area contributed by atoms with Crippen molar-refractivity contribution in [3.8, 4) is 11.5 Å². The van der Waals surface area contributed by atoms with Gasteiger partial charge in [0.15, 0.2) is 5.82 Å². The molecule has 8 nitrogen and oxygen atoms in total. The number of carbonyl (C=O) groups is 1. The Kier molecular flexibility index (Phi) is 2.96. The van der Waals surface area contributed by atoms with Gasteiger partial charge in [0.05, 0.1) is 6.20 Å². The third kappa shape index (κ3) is 2.39. The zero-order valence-corrected chi connectivity index (χ0v) is 10.6. The maximum Gasteiger partial charge on any atom is 0.348 e. The molecule has 3 heterocycles. The van der Waals surface area contributed by atoms with Crippen molar-refractivity contribution >= 4 is 12.0 Å².